The first kappa shape index (κ1) is 20.8. The van der Waals surface area contributed by atoms with Crippen molar-refractivity contribution in [1.82, 2.24) is 9.62 Å². The zero-order chi connectivity index (χ0) is 20.1. The molecule has 3 rings (SSSR count). The smallest absolute Gasteiger partial charge is 0.240 e. The molecule has 1 saturated heterocycles. The maximum absolute atomic E-state index is 13.4. The molecule has 0 bridgehead atoms. The summed E-state index contributed by atoms with van der Waals surface area (Å²) >= 11 is 0. The Morgan fingerprint density at radius 2 is 1.71 bits per heavy atom. The van der Waals surface area contributed by atoms with Gasteiger partial charge in [0.25, 0.3) is 0 Å². The van der Waals surface area contributed by atoms with Gasteiger partial charge in [-0.25, -0.2) is 17.5 Å². The van der Waals surface area contributed by atoms with Crippen molar-refractivity contribution in [2.24, 2.45) is 0 Å². The van der Waals surface area contributed by atoms with E-state index in [-0.39, 0.29) is 4.90 Å². The predicted molar refractivity (Wildman–Crippen MR) is 111 cm³/mol. The number of aryl methyl sites for hydroxylation is 2. The highest BCUT2D eigenvalue weighted by molar-refractivity contribution is 7.89. The Balaban J connectivity index is 1.49. The van der Waals surface area contributed by atoms with E-state index < -0.39 is 15.8 Å². The van der Waals surface area contributed by atoms with Crippen LogP contribution in [0.2, 0.25) is 0 Å². The number of hydrogen-bond acceptors (Lipinski definition) is 4. The third-order valence-electron chi connectivity index (χ3n) is 5.18. The van der Waals surface area contributed by atoms with Crippen molar-refractivity contribution in [3.05, 3.63) is 59.4 Å². The highest BCUT2D eigenvalue weighted by Crippen LogP contribution is 2.18. The minimum Gasteiger partial charge on any atom is -0.369 e. The van der Waals surface area contributed by atoms with Crippen molar-refractivity contribution in [2.45, 2.75) is 24.7 Å². The van der Waals surface area contributed by atoms with E-state index in [4.69, 9.17) is 0 Å². The van der Waals surface area contributed by atoms with E-state index in [1.807, 2.05) is 0 Å². The van der Waals surface area contributed by atoms with Gasteiger partial charge in [-0.2, -0.15) is 0 Å². The number of piperazine rings is 1. The molecule has 0 amide bonds. The summed E-state index contributed by atoms with van der Waals surface area (Å²) in [6.45, 7) is 6.21. The first-order chi connectivity index (χ1) is 13.3. The molecular weight excluding hydrogens is 377 g/mol. The van der Waals surface area contributed by atoms with Gasteiger partial charge in [0.15, 0.2) is 0 Å². The molecule has 152 valence electrons. The summed E-state index contributed by atoms with van der Waals surface area (Å²) in [5.41, 5.74) is 2.95. The van der Waals surface area contributed by atoms with Gasteiger partial charge in [-0.3, -0.25) is 0 Å². The van der Waals surface area contributed by atoms with Gasteiger partial charge < -0.3 is 9.80 Å². The molecule has 0 saturated carbocycles. The Morgan fingerprint density at radius 1 is 1.04 bits per heavy atom. The van der Waals surface area contributed by atoms with E-state index in [1.54, 1.807) is 6.92 Å². The SMILES string of the molecule is Cc1ccc(F)cc1S(=O)(=O)NCCCc1ccc(N2CCN(C)CC2)cc1. The maximum Gasteiger partial charge on any atom is 0.240 e. The fraction of sp³-hybridized carbons (Fsp3) is 0.429. The minimum atomic E-state index is -3.69. The van der Waals surface area contributed by atoms with Crippen LogP contribution in [0.5, 0.6) is 0 Å². The molecule has 2 aromatic rings. The van der Waals surface area contributed by atoms with Crippen LogP contribution in [-0.4, -0.2) is 53.1 Å². The van der Waals surface area contributed by atoms with Gasteiger partial charge in [-0.15, -0.1) is 0 Å². The molecular formula is C21H28FN3O2S. The second-order valence-electron chi connectivity index (χ2n) is 7.37. The van der Waals surface area contributed by atoms with Crippen molar-refractivity contribution in [2.75, 3.05) is 44.7 Å². The Morgan fingerprint density at radius 3 is 2.39 bits per heavy atom. The summed E-state index contributed by atoms with van der Waals surface area (Å²) in [4.78, 5) is 4.72. The molecule has 1 fully saturated rings. The van der Waals surface area contributed by atoms with E-state index in [0.717, 1.165) is 38.7 Å². The van der Waals surface area contributed by atoms with Crippen molar-refractivity contribution < 1.29 is 12.8 Å². The van der Waals surface area contributed by atoms with E-state index in [9.17, 15) is 12.8 Å². The predicted octanol–water partition coefficient (Wildman–Crippen LogP) is 2.80. The summed E-state index contributed by atoms with van der Waals surface area (Å²) in [5.74, 6) is -0.550. The van der Waals surface area contributed by atoms with Crippen molar-refractivity contribution in [3.63, 3.8) is 0 Å². The van der Waals surface area contributed by atoms with Gasteiger partial charge in [-0.05, 0) is 62.2 Å². The van der Waals surface area contributed by atoms with Gasteiger partial charge in [0, 0.05) is 38.4 Å². The summed E-state index contributed by atoms with van der Waals surface area (Å²) in [5, 5.41) is 0. The highest BCUT2D eigenvalue weighted by Gasteiger charge is 2.17. The molecule has 28 heavy (non-hydrogen) atoms. The van der Waals surface area contributed by atoms with Crippen molar-refractivity contribution >= 4 is 15.7 Å². The Hall–Kier alpha value is -1.96. The summed E-state index contributed by atoms with van der Waals surface area (Å²) in [7, 11) is -1.55. The number of likely N-dealkylation sites (N-methyl/N-ethyl adjacent to an activating group) is 1. The molecule has 0 spiro atoms. The Kier molecular flexibility index (Phi) is 6.69. The molecule has 0 unspecified atom stereocenters. The van der Waals surface area contributed by atoms with Gasteiger partial charge in [0.05, 0.1) is 4.90 Å². The zero-order valence-electron chi connectivity index (χ0n) is 16.5. The lowest BCUT2D eigenvalue weighted by Gasteiger charge is -2.34. The summed E-state index contributed by atoms with van der Waals surface area (Å²) in [6, 6.07) is 12.3. The molecule has 1 aliphatic rings. The second kappa shape index (κ2) is 9.03. The molecule has 5 nitrogen and oxygen atoms in total. The van der Waals surface area contributed by atoms with E-state index >= 15 is 0 Å². The van der Waals surface area contributed by atoms with Crippen LogP contribution >= 0.6 is 0 Å². The lowest BCUT2D eigenvalue weighted by Crippen LogP contribution is -2.44. The maximum atomic E-state index is 13.4. The first-order valence-corrected chi connectivity index (χ1v) is 11.1. The van der Waals surface area contributed by atoms with E-state index in [0.29, 0.717) is 18.5 Å². The molecule has 0 radical (unpaired) electrons. The number of rotatable bonds is 7. The van der Waals surface area contributed by atoms with E-state index in [1.165, 1.54) is 23.4 Å². The van der Waals surface area contributed by atoms with Crippen LogP contribution in [0.3, 0.4) is 0 Å². The van der Waals surface area contributed by atoms with Crippen LogP contribution in [0, 0.1) is 12.7 Å². The number of nitrogens with zero attached hydrogens (tertiary/aromatic N) is 2. The number of sulfonamides is 1. The standard InChI is InChI=1S/C21H28FN3O2S/c1-17-5-8-19(22)16-21(17)28(26,27)23-11-3-4-18-6-9-20(10-7-18)25-14-12-24(2)13-15-25/h5-10,16,23H,3-4,11-15H2,1-2H3. The lowest BCUT2D eigenvalue weighted by atomic mass is 10.1. The normalized spacial score (nSPS) is 15.8. The fourth-order valence-electron chi connectivity index (χ4n) is 3.38. The van der Waals surface area contributed by atoms with Gasteiger partial charge in [0.1, 0.15) is 5.82 Å². The van der Waals surface area contributed by atoms with Crippen LogP contribution in [-0.2, 0) is 16.4 Å². The Labute approximate surface area is 167 Å². The molecule has 0 aromatic heterocycles. The van der Waals surface area contributed by atoms with Crippen LogP contribution in [0.4, 0.5) is 10.1 Å². The molecule has 1 heterocycles. The third kappa shape index (κ3) is 5.31. The molecule has 1 N–H and O–H groups in total. The van der Waals surface area contributed by atoms with Crippen LogP contribution in [0.15, 0.2) is 47.4 Å². The number of benzene rings is 2. The largest absolute Gasteiger partial charge is 0.369 e. The summed E-state index contributed by atoms with van der Waals surface area (Å²) < 4.78 is 40.7. The number of hydrogen-bond donors (Lipinski definition) is 1. The number of halogens is 1. The van der Waals surface area contributed by atoms with Gasteiger partial charge >= 0.3 is 0 Å². The molecule has 2 aromatic carbocycles. The monoisotopic (exact) mass is 405 g/mol. The molecule has 0 aliphatic carbocycles. The minimum absolute atomic E-state index is 0.00373. The Bertz CT molecular complexity index is 892. The van der Waals surface area contributed by atoms with Crippen LogP contribution in [0.1, 0.15) is 17.5 Å². The van der Waals surface area contributed by atoms with Crippen LogP contribution in [0.25, 0.3) is 0 Å². The fourth-order valence-corrected chi connectivity index (χ4v) is 4.71. The zero-order valence-corrected chi connectivity index (χ0v) is 17.3. The molecule has 0 atom stereocenters. The average molecular weight is 406 g/mol. The highest BCUT2D eigenvalue weighted by atomic mass is 32.2. The number of nitrogens with one attached hydrogen (secondary N) is 1. The lowest BCUT2D eigenvalue weighted by molar-refractivity contribution is 0.313. The van der Waals surface area contributed by atoms with Gasteiger partial charge in [-0.1, -0.05) is 18.2 Å². The van der Waals surface area contributed by atoms with Crippen molar-refractivity contribution in [3.8, 4) is 0 Å². The summed E-state index contributed by atoms with van der Waals surface area (Å²) in [6.07, 6.45) is 1.47. The third-order valence-corrected chi connectivity index (χ3v) is 6.78. The quantitative estimate of drug-likeness (QED) is 0.720. The van der Waals surface area contributed by atoms with E-state index in [2.05, 4.69) is 45.8 Å². The molecule has 1 aliphatic heterocycles. The van der Waals surface area contributed by atoms with Crippen molar-refractivity contribution in [1.29, 1.82) is 0 Å². The number of anilines is 1. The van der Waals surface area contributed by atoms with Crippen LogP contribution < -0.4 is 9.62 Å². The van der Waals surface area contributed by atoms with Gasteiger partial charge in [0.2, 0.25) is 10.0 Å². The second-order valence-corrected chi connectivity index (χ2v) is 9.10. The average Bonchev–Trinajstić information content (AvgIpc) is 2.68. The first-order valence-electron chi connectivity index (χ1n) is 9.63. The topological polar surface area (TPSA) is 52.7 Å². The molecule has 7 heteroatoms.